The van der Waals surface area contributed by atoms with Gasteiger partial charge in [0.05, 0.1) is 0 Å². The van der Waals surface area contributed by atoms with Crippen molar-refractivity contribution >= 4 is 11.0 Å². The molecule has 2 radical (unpaired) electrons. The minimum absolute atomic E-state index is 0. The third-order valence-electron chi connectivity index (χ3n) is 2.26. The van der Waals surface area contributed by atoms with Crippen LogP contribution in [0, 0.1) is 41.4 Å². The molecule has 2 aromatic heterocycles. The summed E-state index contributed by atoms with van der Waals surface area (Å²) in [7, 11) is 3.85. The van der Waals surface area contributed by atoms with Crippen molar-refractivity contribution in [3.05, 3.63) is 43.6 Å². The van der Waals surface area contributed by atoms with E-state index in [1.165, 1.54) is 10.9 Å². The molecule has 0 bridgehead atoms. The SMILES string of the molecule is [CH2-]n1[c-]c(C)c2c(C)cc(C)nc21.[CH3-].[V].[W].[Y]. The van der Waals surface area contributed by atoms with E-state index >= 15 is 0 Å². The maximum absolute atomic E-state index is 4.43. The molecule has 0 saturated carbocycles. The molecule has 5 heteroatoms. The van der Waals surface area contributed by atoms with Crippen molar-refractivity contribution in [2.45, 2.75) is 20.8 Å². The number of aromatic nitrogens is 2. The van der Waals surface area contributed by atoms with Gasteiger partial charge in [-0.2, -0.15) is 5.56 Å². The molecular formula is C12H15N2VWY-3. The van der Waals surface area contributed by atoms with Crippen molar-refractivity contribution in [2.75, 3.05) is 0 Å². The first-order valence-electron chi connectivity index (χ1n) is 4.29. The van der Waals surface area contributed by atoms with Gasteiger partial charge in [0.15, 0.2) is 0 Å². The first-order chi connectivity index (χ1) is 6.09. The molecule has 0 aromatic carbocycles. The van der Waals surface area contributed by atoms with Gasteiger partial charge in [0.1, 0.15) is 0 Å². The van der Waals surface area contributed by atoms with Gasteiger partial charge < -0.3 is 17.0 Å². The zero-order valence-corrected chi connectivity index (χ0v) is 17.8. The summed E-state index contributed by atoms with van der Waals surface area (Å²) in [6.45, 7) is 6.13. The molecule has 0 N–H and O–H groups in total. The molecule has 0 unspecified atom stereocenters. The van der Waals surface area contributed by atoms with E-state index in [0.717, 1.165) is 16.9 Å². The smallest absolute Gasteiger partial charge is 0.0120 e. The van der Waals surface area contributed by atoms with Gasteiger partial charge in [-0.3, -0.25) is 13.2 Å². The van der Waals surface area contributed by atoms with Crippen LogP contribution >= 0.6 is 0 Å². The van der Waals surface area contributed by atoms with Crippen LogP contribution in [0.15, 0.2) is 6.07 Å². The normalized spacial score (nSPS) is 8.41. The van der Waals surface area contributed by atoms with Gasteiger partial charge in [-0.25, -0.2) is 0 Å². The monoisotopic (exact) mass is 511 g/mol. The van der Waals surface area contributed by atoms with Gasteiger partial charge >= 0.3 is 0 Å². The van der Waals surface area contributed by atoms with E-state index in [4.69, 9.17) is 0 Å². The molecule has 0 aliphatic rings. The van der Waals surface area contributed by atoms with Crippen molar-refractivity contribution in [3.8, 4) is 0 Å². The Balaban J connectivity index is -0.000000490. The summed E-state index contributed by atoms with van der Waals surface area (Å²) < 4.78 is 1.71. The molecular weight excluding hydrogens is 496 g/mol. The molecule has 0 saturated heterocycles. The molecule has 2 heterocycles. The maximum Gasteiger partial charge on any atom is 0.0120 e. The number of aryl methyl sites for hydroxylation is 3. The molecule has 17 heavy (non-hydrogen) atoms. The minimum Gasteiger partial charge on any atom is -0.640 e. The standard InChI is InChI=1S/C11H12N2.CH3.V.W.Y/c1-7-5-9(3)12-11-10(7)8(2)6-13(11)4;;;;/h5H,4H2,1-3H3;1H3;;;/q-2;-1;;;. The molecule has 0 aliphatic heterocycles. The number of nitrogens with zero attached hydrogens (tertiary/aromatic N) is 2. The van der Waals surface area contributed by atoms with E-state index in [1.807, 2.05) is 13.8 Å². The van der Waals surface area contributed by atoms with Crippen molar-refractivity contribution in [3.63, 3.8) is 0 Å². The predicted octanol–water partition coefficient (Wildman–Crippen LogP) is 2.84. The van der Waals surface area contributed by atoms with E-state index in [2.05, 4.69) is 31.2 Å². The van der Waals surface area contributed by atoms with Crippen molar-refractivity contribution in [1.29, 1.82) is 0 Å². The fourth-order valence-electron chi connectivity index (χ4n) is 1.79. The number of hydrogen-bond acceptors (Lipinski definition) is 1. The molecule has 2 aromatic rings. The molecule has 0 fully saturated rings. The van der Waals surface area contributed by atoms with Crippen LogP contribution in [0.5, 0.6) is 0 Å². The maximum atomic E-state index is 4.43. The molecule has 0 amide bonds. The van der Waals surface area contributed by atoms with Gasteiger partial charge in [-0.05, 0) is 19.9 Å². The summed E-state index contributed by atoms with van der Waals surface area (Å²) in [6.07, 6.45) is 3.13. The predicted molar refractivity (Wildman–Crippen MR) is 59.9 cm³/mol. The van der Waals surface area contributed by atoms with Crippen LogP contribution in [-0.2, 0) is 72.3 Å². The summed E-state index contributed by atoms with van der Waals surface area (Å²) in [6, 6.07) is 2.09. The molecule has 0 aliphatic carbocycles. The van der Waals surface area contributed by atoms with Crippen molar-refractivity contribution in [1.82, 2.24) is 9.55 Å². The summed E-state index contributed by atoms with van der Waals surface area (Å²) in [5.74, 6) is 0. The fourth-order valence-corrected chi connectivity index (χ4v) is 1.79. The van der Waals surface area contributed by atoms with Gasteiger partial charge in [0, 0.05) is 78.0 Å². The number of pyridine rings is 1. The van der Waals surface area contributed by atoms with E-state index in [1.54, 1.807) is 4.57 Å². The summed E-state index contributed by atoms with van der Waals surface area (Å²) in [5.41, 5.74) is 4.32. The number of fused-ring (bicyclic) bond motifs is 1. The minimum atomic E-state index is 0. The van der Waals surface area contributed by atoms with Crippen LogP contribution in [0.25, 0.3) is 11.0 Å². The summed E-state index contributed by atoms with van der Waals surface area (Å²) in [5, 5.41) is 1.18. The van der Waals surface area contributed by atoms with Crippen molar-refractivity contribution < 1.29 is 72.3 Å². The second kappa shape index (κ2) is 8.94. The van der Waals surface area contributed by atoms with E-state index in [9.17, 15) is 0 Å². The van der Waals surface area contributed by atoms with Crippen LogP contribution in [0.2, 0.25) is 0 Å². The average molecular weight is 511 g/mol. The Morgan fingerprint density at radius 1 is 1.29 bits per heavy atom. The van der Waals surface area contributed by atoms with E-state index < -0.39 is 0 Å². The largest absolute Gasteiger partial charge is 0.640 e. The van der Waals surface area contributed by atoms with Crippen molar-refractivity contribution in [2.24, 2.45) is 0 Å². The second-order valence-electron chi connectivity index (χ2n) is 3.44. The van der Waals surface area contributed by atoms with Gasteiger partial charge in [-0.1, -0.05) is 18.1 Å². The van der Waals surface area contributed by atoms with E-state index in [0.29, 0.717) is 0 Å². The quantitative estimate of drug-likeness (QED) is 0.499. The first kappa shape index (κ1) is 23.1. The Morgan fingerprint density at radius 3 is 2.35 bits per heavy atom. The fraction of sp³-hybridized carbons (Fsp3) is 0.250. The third kappa shape index (κ3) is 4.51. The Kier molecular flexibility index (Phi) is 12.1. The molecule has 2 nitrogen and oxygen atoms in total. The average Bonchev–Trinajstić information content (AvgIpc) is 2.27. The topological polar surface area (TPSA) is 17.8 Å². The van der Waals surface area contributed by atoms with Crippen LogP contribution in [0.1, 0.15) is 16.8 Å². The van der Waals surface area contributed by atoms with Crippen LogP contribution in [0.4, 0.5) is 0 Å². The summed E-state index contributed by atoms with van der Waals surface area (Å²) in [4.78, 5) is 4.43. The number of hydrogen-bond donors (Lipinski definition) is 0. The van der Waals surface area contributed by atoms with Crippen LogP contribution in [-0.4, -0.2) is 9.55 Å². The zero-order chi connectivity index (χ0) is 9.59. The molecule has 2 rings (SSSR count). The summed E-state index contributed by atoms with van der Waals surface area (Å²) >= 11 is 0. The number of rotatable bonds is 0. The first-order valence-corrected chi connectivity index (χ1v) is 4.29. The Hall–Kier alpha value is 0.937. The molecule has 0 spiro atoms. The Bertz CT molecular complexity index is 483. The van der Waals surface area contributed by atoms with Gasteiger partial charge in [0.2, 0.25) is 0 Å². The molecule has 0 atom stereocenters. The second-order valence-corrected chi connectivity index (χ2v) is 3.44. The van der Waals surface area contributed by atoms with Gasteiger partial charge in [-0.15, -0.1) is 5.39 Å². The van der Waals surface area contributed by atoms with Crippen LogP contribution < -0.4 is 0 Å². The Morgan fingerprint density at radius 2 is 1.82 bits per heavy atom. The zero-order valence-electron chi connectivity index (χ0n) is 10.6. The molecule has 90 valence electrons. The van der Waals surface area contributed by atoms with E-state index in [-0.39, 0.29) is 79.8 Å². The Labute approximate surface area is 155 Å². The van der Waals surface area contributed by atoms with Gasteiger partial charge in [0.25, 0.3) is 0 Å². The van der Waals surface area contributed by atoms with Crippen LogP contribution in [0.3, 0.4) is 0 Å². The third-order valence-corrected chi connectivity index (χ3v) is 2.26.